The molecule has 1 aromatic rings. The number of hydrogen-bond acceptors (Lipinski definition) is 3. The van der Waals surface area contributed by atoms with Gasteiger partial charge in [-0.2, -0.15) is 0 Å². The van der Waals surface area contributed by atoms with E-state index in [1.54, 1.807) is 21.9 Å². The van der Waals surface area contributed by atoms with Gasteiger partial charge in [-0.15, -0.1) is 0 Å². The predicted molar refractivity (Wildman–Crippen MR) is 89.2 cm³/mol. The Labute approximate surface area is 145 Å². The van der Waals surface area contributed by atoms with E-state index < -0.39 is 5.41 Å². The molecule has 2 fully saturated rings. The van der Waals surface area contributed by atoms with Crippen molar-refractivity contribution in [2.45, 2.75) is 19.4 Å². The van der Waals surface area contributed by atoms with E-state index in [0.29, 0.717) is 50.6 Å². The Morgan fingerprint density at radius 1 is 1.12 bits per heavy atom. The number of halogens is 1. The number of piperazine rings is 1. The van der Waals surface area contributed by atoms with Gasteiger partial charge in [-0.25, -0.2) is 0 Å². The third kappa shape index (κ3) is 3.38. The Kier molecular flexibility index (Phi) is 4.76. The second-order valence-corrected chi connectivity index (χ2v) is 6.76. The van der Waals surface area contributed by atoms with Gasteiger partial charge in [-0.3, -0.25) is 14.4 Å². The lowest BCUT2D eigenvalue weighted by molar-refractivity contribution is -0.146. The summed E-state index contributed by atoms with van der Waals surface area (Å²) in [7, 11) is 0. The van der Waals surface area contributed by atoms with Crippen molar-refractivity contribution >= 4 is 29.8 Å². The van der Waals surface area contributed by atoms with Gasteiger partial charge in [0, 0.05) is 37.7 Å². The lowest BCUT2D eigenvalue weighted by atomic mass is 10.0. The fourth-order valence-electron chi connectivity index (χ4n) is 2.95. The molecule has 1 N–H and O–H groups in total. The van der Waals surface area contributed by atoms with Crippen LogP contribution in [-0.4, -0.2) is 54.2 Å². The van der Waals surface area contributed by atoms with Crippen LogP contribution in [0, 0.1) is 5.41 Å². The first kappa shape index (κ1) is 16.8. The Morgan fingerprint density at radius 3 is 2.29 bits per heavy atom. The van der Waals surface area contributed by atoms with Gasteiger partial charge in [0.05, 0.1) is 0 Å². The molecule has 1 heterocycles. The summed E-state index contributed by atoms with van der Waals surface area (Å²) in [6, 6.07) is 7.24. The molecular weight excluding hydrogens is 330 g/mol. The van der Waals surface area contributed by atoms with E-state index in [1.165, 1.54) is 0 Å². The normalized spacial score (nSPS) is 18.9. The summed E-state index contributed by atoms with van der Waals surface area (Å²) < 4.78 is 0. The minimum Gasteiger partial charge on any atom is -0.351 e. The fraction of sp³-hybridized carbons (Fsp3) is 0.471. The van der Waals surface area contributed by atoms with Crippen LogP contribution in [-0.2, 0) is 20.9 Å². The number of nitrogens with zero attached hydrogens (tertiary/aromatic N) is 2. The van der Waals surface area contributed by atoms with Crippen molar-refractivity contribution in [1.29, 1.82) is 0 Å². The van der Waals surface area contributed by atoms with Crippen LogP contribution in [0.3, 0.4) is 0 Å². The molecule has 0 atom stereocenters. The van der Waals surface area contributed by atoms with Crippen LogP contribution in [0.4, 0.5) is 0 Å². The van der Waals surface area contributed by atoms with E-state index in [2.05, 4.69) is 5.32 Å². The minimum atomic E-state index is -0.907. The maximum Gasteiger partial charge on any atom is 0.238 e. The van der Waals surface area contributed by atoms with Gasteiger partial charge in [0.15, 0.2) is 0 Å². The molecule has 0 spiro atoms. The largest absolute Gasteiger partial charge is 0.351 e. The van der Waals surface area contributed by atoms with Crippen molar-refractivity contribution < 1.29 is 14.4 Å². The number of carbonyl (C=O) groups excluding carboxylic acids is 3. The first-order chi connectivity index (χ1) is 11.5. The molecule has 0 bridgehead atoms. The predicted octanol–water partition coefficient (Wildman–Crippen LogP) is 1.04. The van der Waals surface area contributed by atoms with Gasteiger partial charge in [0.25, 0.3) is 0 Å². The third-order valence-electron chi connectivity index (χ3n) is 4.71. The van der Waals surface area contributed by atoms with Gasteiger partial charge in [0.2, 0.25) is 18.2 Å². The van der Waals surface area contributed by atoms with Gasteiger partial charge in [-0.1, -0.05) is 23.7 Å². The maximum absolute atomic E-state index is 12.7. The average molecular weight is 350 g/mol. The van der Waals surface area contributed by atoms with E-state index in [1.807, 2.05) is 12.1 Å². The molecule has 0 unspecified atom stereocenters. The quantitative estimate of drug-likeness (QED) is 0.638. The molecule has 128 valence electrons. The molecule has 0 aromatic heterocycles. The standard InChI is InChI=1S/C17H20ClN3O3/c18-14-3-1-13(2-4-14)11-19-15(23)17(5-6-17)16(24)21-9-7-20(12-22)8-10-21/h1-4,12H,5-11H2,(H,19,23). The van der Waals surface area contributed by atoms with Gasteiger partial charge < -0.3 is 15.1 Å². The van der Waals surface area contributed by atoms with E-state index in [4.69, 9.17) is 11.6 Å². The second-order valence-electron chi connectivity index (χ2n) is 6.32. The van der Waals surface area contributed by atoms with Crippen LogP contribution >= 0.6 is 11.6 Å². The minimum absolute atomic E-state index is 0.110. The lowest BCUT2D eigenvalue weighted by Gasteiger charge is -2.34. The zero-order valence-electron chi connectivity index (χ0n) is 13.3. The first-order valence-electron chi connectivity index (χ1n) is 8.07. The summed E-state index contributed by atoms with van der Waals surface area (Å²) in [5.41, 5.74) is 0.0334. The maximum atomic E-state index is 12.7. The number of nitrogens with one attached hydrogen (secondary N) is 1. The van der Waals surface area contributed by atoms with E-state index in [0.717, 1.165) is 12.0 Å². The van der Waals surface area contributed by atoms with Crippen molar-refractivity contribution in [1.82, 2.24) is 15.1 Å². The molecule has 1 aliphatic heterocycles. The zero-order valence-corrected chi connectivity index (χ0v) is 14.1. The van der Waals surface area contributed by atoms with Gasteiger partial charge in [0.1, 0.15) is 5.41 Å². The molecule has 1 aliphatic carbocycles. The molecular formula is C17H20ClN3O3. The Balaban J connectivity index is 1.56. The second kappa shape index (κ2) is 6.81. The van der Waals surface area contributed by atoms with Crippen molar-refractivity contribution in [3.63, 3.8) is 0 Å². The summed E-state index contributed by atoms with van der Waals surface area (Å²) >= 11 is 5.84. The summed E-state index contributed by atoms with van der Waals surface area (Å²) in [5, 5.41) is 3.51. The van der Waals surface area contributed by atoms with Crippen LogP contribution < -0.4 is 5.32 Å². The highest BCUT2D eigenvalue weighted by Gasteiger charge is 2.58. The van der Waals surface area contributed by atoms with Crippen LogP contribution in [0.2, 0.25) is 5.02 Å². The summed E-state index contributed by atoms with van der Waals surface area (Å²) in [5.74, 6) is -0.318. The highest BCUT2D eigenvalue weighted by molar-refractivity contribution is 6.30. The SMILES string of the molecule is O=CN1CCN(C(=O)C2(C(=O)NCc3ccc(Cl)cc3)CC2)CC1. The zero-order chi connectivity index (χ0) is 17.2. The topological polar surface area (TPSA) is 69.7 Å². The number of carbonyl (C=O) groups is 3. The molecule has 7 heteroatoms. The van der Waals surface area contributed by atoms with E-state index >= 15 is 0 Å². The Hall–Kier alpha value is -2.08. The van der Waals surface area contributed by atoms with E-state index in [-0.39, 0.29) is 11.8 Å². The summed E-state index contributed by atoms with van der Waals surface area (Å²) in [6.45, 7) is 2.41. The van der Waals surface area contributed by atoms with Crippen LogP contribution in [0.25, 0.3) is 0 Å². The van der Waals surface area contributed by atoms with Crippen molar-refractivity contribution in [3.8, 4) is 0 Å². The number of amides is 3. The molecule has 1 saturated heterocycles. The monoisotopic (exact) mass is 349 g/mol. The highest BCUT2D eigenvalue weighted by atomic mass is 35.5. The molecule has 3 amide bonds. The Bertz CT molecular complexity index is 635. The molecule has 1 saturated carbocycles. The average Bonchev–Trinajstić information content (AvgIpc) is 3.42. The molecule has 6 nitrogen and oxygen atoms in total. The van der Waals surface area contributed by atoms with Gasteiger partial charge in [-0.05, 0) is 30.5 Å². The molecule has 24 heavy (non-hydrogen) atoms. The van der Waals surface area contributed by atoms with Gasteiger partial charge >= 0.3 is 0 Å². The molecule has 1 aromatic carbocycles. The first-order valence-corrected chi connectivity index (χ1v) is 8.44. The van der Waals surface area contributed by atoms with Crippen LogP contribution in [0.1, 0.15) is 18.4 Å². The third-order valence-corrected chi connectivity index (χ3v) is 4.96. The number of benzene rings is 1. The van der Waals surface area contributed by atoms with E-state index in [9.17, 15) is 14.4 Å². The molecule has 0 radical (unpaired) electrons. The number of hydrogen-bond donors (Lipinski definition) is 1. The highest BCUT2D eigenvalue weighted by Crippen LogP contribution is 2.47. The van der Waals surface area contributed by atoms with Crippen LogP contribution in [0.5, 0.6) is 0 Å². The fourth-order valence-corrected chi connectivity index (χ4v) is 3.08. The summed E-state index contributed by atoms with van der Waals surface area (Å²) in [6.07, 6.45) is 1.98. The van der Waals surface area contributed by atoms with Crippen molar-refractivity contribution in [2.75, 3.05) is 26.2 Å². The van der Waals surface area contributed by atoms with Crippen molar-refractivity contribution in [3.05, 3.63) is 34.9 Å². The summed E-state index contributed by atoms with van der Waals surface area (Å²) in [4.78, 5) is 39.3. The molecule has 3 rings (SSSR count). The smallest absolute Gasteiger partial charge is 0.238 e. The van der Waals surface area contributed by atoms with Crippen molar-refractivity contribution in [2.24, 2.45) is 5.41 Å². The number of rotatable bonds is 5. The lowest BCUT2D eigenvalue weighted by Crippen LogP contribution is -2.52. The molecule has 2 aliphatic rings. The van der Waals surface area contributed by atoms with Crippen LogP contribution in [0.15, 0.2) is 24.3 Å². The Morgan fingerprint density at radius 2 is 1.75 bits per heavy atom.